The van der Waals surface area contributed by atoms with Crippen LogP contribution in [0.3, 0.4) is 0 Å². The molecule has 1 aromatic heterocycles. The SMILES string of the molecule is COc1cc(C#N)ccc1OC(=O)c1ccc2c(=O)n3c(nc2c1)CCCCC3. The van der Waals surface area contributed by atoms with E-state index in [1.54, 1.807) is 28.8 Å². The summed E-state index contributed by atoms with van der Waals surface area (Å²) in [6.07, 6.45) is 3.79. The minimum atomic E-state index is -0.591. The number of methoxy groups -OCH3 is 1. The summed E-state index contributed by atoms with van der Waals surface area (Å²) in [6, 6.07) is 11.3. The summed E-state index contributed by atoms with van der Waals surface area (Å²) in [6.45, 7) is 0.680. The molecular weight excluding hydrogens is 370 g/mol. The van der Waals surface area contributed by atoms with E-state index in [0.29, 0.717) is 28.8 Å². The van der Waals surface area contributed by atoms with Gasteiger partial charge in [0.1, 0.15) is 5.82 Å². The fraction of sp³-hybridized carbons (Fsp3) is 0.273. The Balaban J connectivity index is 1.69. The molecule has 0 amide bonds. The largest absolute Gasteiger partial charge is 0.493 e. The van der Waals surface area contributed by atoms with E-state index in [2.05, 4.69) is 4.98 Å². The number of carbonyl (C=O) groups is 1. The molecule has 1 aliphatic rings. The fourth-order valence-corrected chi connectivity index (χ4v) is 3.53. The third kappa shape index (κ3) is 3.57. The molecule has 0 atom stereocenters. The van der Waals surface area contributed by atoms with Crippen molar-refractivity contribution in [1.29, 1.82) is 5.26 Å². The standard InChI is InChI=1S/C22H19N3O4/c1-28-19-11-14(13-23)6-9-18(19)29-22(27)15-7-8-16-17(12-15)24-20-5-3-2-4-10-25(20)21(16)26/h6-9,11-12H,2-5,10H2,1H3. The number of hydrogen-bond acceptors (Lipinski definition) is 6. The van der Waals surface area contributed by atoms with Gasteiger partial charge in [-0.2, -0.15) is 5.26 Å². The van der Waals surface area contributed by atoms with E-state index in [1.165, 1.54) is 19.2 Å². The molecule has 0 radical (unpaired) electrons. The van der Waals surface area contributed by atoms with Gasteiger partial charge in [-0.25, -0.2) is 9.78 Å². The van der Waals surface area contributed by atoms with E-state index in [9.17, 15) is 9.59 Å². The average molecular weight is 389 g/mol. The molecule has 3 aromatic rings. The second kappa shape index (κ2) is 7.76. The van der Waals surface area contributed by atoms with Crippen molar-refractivity contribution >= 4 is 16.9 Å². The molecule has 0 unspecified atom stereocenters. The molecule has 0 N–H and O–H groups in total. The molecule has 0 spiro atoms. The van der Waals surface area contributed by atoms with Crippen molar-refractivity contribution in [2.45, 2.75) is 32.2 Å². The van der Waals surface area contributed by atoms with Gasteiger partial charge in [0.2, 0.25) is 0 Å². The van der Waals surface area contributed by atoms with Crippen molar-refractivity contribution in [3.8, 4) is 17.6 Å². The van der Waals surface area contributed by atoms with Gasteiger partial charge in [-0.1, -0.05) is 6.42 Å². The first kappa shape index (κ1) is 18.7. The number of aromatic nitrogens is 2. The molecule has 0 saturated carbocycles. The minimum Gasteiger partial charge on any atom is -0.493 e. The number of hydrogen-bond donors (Lipinski definition) is 0. The predicted molar refractivity (Wildman–Crippen MR) is 106 cm³/mol. The van der Waals surface area contributed by atoms with Crippen LogP contribution in [0.5, 0.6) is 11.5 Å². The lowest BCUT2D eigenvalue weighted by molar-refractivity contribution is 0.0730. The quantitative estimate of drug-likeness (QED) is 0.504. The number of rotatable bonds is 3. The number of carbonyl (C=O) groups excluding carboxylic acids is 1. The zero-order chi connectivity index (χ0) is 20.4. The Morgan fingerprint density at radius 1 is 1.14 bits per heavy atom. The Kier molecular flexibility index (Phi) is 5.00. The summed E-state index contributed by atoms with van der Waals surface area (Å²) >= 11 is 0. The zero-order valence-corrected chi connectivity index (χ0v) is 16.0. The second-order valence-corrected chi connectivity index (χ2v) is 6.89. The first-order valence-electron chi connectivity index (χ1n) is 9.44. The second-order valence-electron chi connectivity index (χ2n) is 6.89. The minimum absolute atomic E-state index is 0.0689. The number of benzene rings is 2. The van der Waals surface area contributed by atoms with Crippen molar-refractivity contribution in [3.05, 3.63) is 63.7 Å². The Morgan fingerprint density at radius 2 is 2.00 bits per heavy atom. The third-order valence-electron chi connectivity index (χ3n) is 5.05. The molecular formula is C22H19N3O4. The lowest BCUT2D eigenvalue weighted by atomic mass is 10.1. The van der Waals surface area contributed by atoms with Gasteiger partial charge < -0.3 is 9.47 Å². The summed E-state index contributed by atoms with van der Waals surface area (Å²) < 4.78 is 12.4. The van der Waals surface area contributed by atoms with Crippen LogP contribution in [0, 0.1) is 11.3 Å². The Labute approximate surface area is 167 Å². The van der Waals surface area contributed by atoms with Crippen molar-refractivity contribution in [2.75, 3.05) is 7.11 Å². The van der Waals surface area contributed by atoms with Crippen LogP contribution in [-0.2, 0) is 13.0 Å². The molecule has 0 aliphatic carbocycles. The van der Waals surface area contributed by atoms with Gasteiger partial charge in [-0.15, -0.1) is 0 Å². The van der Waals surface area contributed by atoms with E-state index in [-0.39, 0.29) is 16.9 Å². The first-order chi connectivity index (χ1) is 14.1. The smallest absolute Gasteiger partial charge is 0.343 e. The number of nitrogens with zero attached hydrogens (tertiary/aromatic N) is 3. The van der Waals surface area contributed by atoms with Crippen LogP contribution in [0.2, 0.25) is 0 Å². The summed E-state index contributed by atoms with van der Waals surface area (Å²) in [5.41, 5.74) is 1.11. The van der Waals surface area contributed by atoms with Gasteiger partial charge in [0.05, 0.1) is 35.2 Å². The molecule has 29 heavy (non-hydrogen) atoms. The average Bonchev–Trinajstić information content (AvgIpc) is 2.99. The van der Waals surface area contributed by atoms with Crippen molar-refractivity contribution < 1.29 is 14.3 Å². The summed E-state index contributed by atoms with van der Waals surface area (Å²) in [5, 5.41) is 9.47. The summed E-state index contributed by atoms with van der Waals surface area (Å²) in [7, 11) is 1.44. The van der Waals surface area contributed by atoms with Gasteiger partial charge in [0.25, 0.3) is 5.56 Å². The highest BCUT2D eigenvalue weighted by atomic mass is 16.6. The maximum absolute atomic E-state index is 12.8. The van der Waals surface area contributed by atoms with E-state index in [4.69, 9.17) is 14.7 Å². The van der Waals surface area contributed by atoms with Crippen molar-refractivity contribution in [2.24, 2.45) is 0 Å². The number of nitriles is 1. The highest BCUT2D eigenvalue weighted by Gasteiger charge is 2.17. The molecule has 7 nitrogen and oxygen atoms in total. The first-order valence-corrected chi connectivity index (χ1v) is 9.44. The lowest BCUT2D eigenvalue weighted by Crippen LogP contribution is -2.24. The van der Waals surface area contributed by atoms with Crippen LogP contribution in [0.4, 0.5) is 0 Å². The van der Waals surface area contributed by atoms with E-state index in [0.717, 1.165) is 31.5 Å². The van der Waals surface area contributed by atoms with Crippen LogP contribution in [0.15, 0.2) is 41.2 Å². The normalized spacial score (nSPS) is 13.2. The molecule has 2 aromatic carbocycles. The molecule has 0 fully saturated rings. The lowest BCUT2D eigenvalue weighted by Gasteiger charge is -2.11. The number of esters is 1. The van der Waals surface area contributed by atoms with Crippen LogP contribution < -0.4 is 15.0 Å². The van der Waals surface area contributed by atoms with Crippen molar-refractivity contribution in [3.63, 3.8) is 0 Å². The molecule has 2 heterocycles. The van der Waals surface area contributed by atoms with Gasteiger partial charge in [0.15, 0.2) is 11.5 Å². The van der Waals surface area contributed by atoms with Crippen LogP contribution in [0.25, 0.3) is 10.9 Å². The van der Waals surface area contributed by atoms with E-state index >= 15 is 0 Å². The third-order valence-corrected chi connectivity index (χ3v) is 5.05. The Hall–Kier alpha value is -3.66. The van der Waals surface area contributed by atoms with E-state index in [1.807, 2.05) is 6.07 Å². The van der Waals surface area contributed by atoms with Crippen LogP contribution >= 0.6 is 0 Å². The monoisotopic (exact) mass is 389 g/mol. The van der Waals surface area contributed by atoms with E-state index < -0.39 is 5.97 Å². The highest BCUT2D eigenvalue weighted by molar-refractivity contribution is 5.95. The summed E-state index contributed by atoms with van der Waals surface area (Å²) in [4.78, 5) is 30.1. The van der Waals surface area contributed by atoms with Gasteiger partial charge in [0, 0.05) is 19.0 Å². The molecule has 146 valence electrons. The Morgan fingerprint density at radius 3 is 2.79 bits per heavy atom. The van der Waals surface area contributed by atoms with Gasteiger partial charge in [-0.3, -0.25) is 9.36 Å². The Bertz CT molecular complexity index is 1210. The predicted octanol–water partition coefficient (Wildman–Crippen LogP) is 3.22. The molecule has 4 rings (SSSR count). The number of ether oxygens (including phenoxy) is 2. The van der Waals surface area contributed by atoms with Gasteiger partial charge >= 0.3 is 5.97 Å². The molecule has 0 saturated heterocycles. The zero-order valence-electron chi connectivity index (χ0n) is 16.0. The summed E-state index contributed by atoms with van der Waals surface area (Å²) in [5.74, 6) is 0.678. The number of aryl methyl sites for hydroxylation is 1. The topological polar surface area (TPSA) is 94.2 Å². The van der Waals surface area contributed by atoms with Gasteiger partial charge in [-0.05, 0) is 43.2 Å². The molecule has 1 aliphatic heterocycles. The van der Waals surface area contributed by atoms with Crippen molar-refractivity contribution in [1.82, 2.24) is 9.55 Å². The maximum Gasteiger partial charge on any atom is 0.343 e. The maximum atomic E-state index is 12.8. The highest BCUT2D eigenvalue weighted by Crippen LogP contribution is 2.29. The van der Waals surface area contributed by atoms with Crippen LogP contribution in [0.1, 0.15) is 41.0 Å². The molecule has 7 heteroatoms. The molecule has 0 bridgehead atoms. The number of fused-ring (bicyclic) bond motifs is 2. The fourth-order valence-electron chi connectivity index (χ4n) is 3.53. The van der Waals surface area contributed by atoms with Crippen LogP contribution in [-0.4, -0.2) is 22.6 Å².